The van der Waals surface area contributed by atoms with Crippen molar-refractivity contribution in [2.75, 3.05) is 26.2 Å². The van der Waals surface area contributed by atoms with E-state index in [2.05, 4.69) is 17.1 Å². The number of rotatable bonds is 4. The maximum atomic E-state index is 12.1. The van der Waals surface area contributed by atoms with Gasteiger partial charge in [0.15, 0.2) is 0 Å². The van der Waals surface area contributed by atoms with Crippen LogP contribution in [0.4, 0.5) is 0 Å². The molecule has 0 radical (unpaired) electrons. The summed E-state index contributed by atoms with van der Waals surface area (Å²) in [6, 6.07) is 0. The summed E-state index contributed by atoms with van der Waals surface area (Å²) in [5.41, 5.74) is 0. The Morgan fingerprint density at radius 2 is 1.78 bits per heavy atom. The van der Waals surface area contributed by atoms with Crippen molar-refractivity contribution in [1.82, 2.24) is 10.2 Å². The number of carbonyl (C=O) groups excluding carboxylic acids is 1. The highest BCUT2D eigenvalue weighted by atomic mass is 16.2. The molecule has 0 bridgehead atoms. The molecule has 2 fully saturated rings. The van der Waals surface area contributed by atoms with Gasteiger partial charge in [-0.3, -0.25) is 4.79 Å². The average Bonchev–Trinajstić information content (AvgIpc) is 2.46. The molecule has 2 saturated heterocycles. The van der Waals surface area contributed by atoms with Crippen LogP contribution in [0.5, 0.6) is 0 Å². The summed E-state index contributed by atoms with van der Waals surface area (Å²) in [6.07, 6.45) is 8.11. The quantitative estimate of drug-likeness (QED) is 0.833. The Morgan fingerprint density at radius 1 is 1.11 bits per heavy atom. The molecule has 2 aliphatic heterocycles. The second-order valence-corrected chi connectivity index (χ2v) is 5.96. The molecule has 3 nitrogen and oxygen atoms in total. The van der Waals surface area contributed by atoms with Gasteiger partial charge in [0, 0.05) is 19.5 Å². The summed E-state index contributed by atoms with van der Waals surface area (Å²) in [4.78, 5) is 14.3. The van der Waals surface area contributed by atoms with Gasteiger partial charge in [0.2, 0.25) is 5.91 Å². The van der Waals surface area contributed by atoms with Crippen LogP contribution >= 0.6 is 0 Å². The summed E-state index contributed by atoms with van der Waals surface area (Å²) in [6.45, 7) is 6.55. The lowest BCUT2D eigenvalue weighted by Crippen LogP contribution is -2.38. The van der Waals surface area contributed by atoms with E-state index in [9.17, 15) is 4.79 Å². The third kappa shape index (κ3) is 3.98. The average molecular weight is 252 g/mol. The first kappa shape index (κ1) is 13.9. The van der Waals surface area contributed by atoms with E-state index < -0.39 is 0 Å². The number of carbonyl (C=O) groups is 1. The van der Waals surface area contributed by atoms with Crippen LogP contribution in [0.3, 0.4) is 0 Å². The van der Waals surface area contributed by atoms with Crippen LogP contribution in [0, 0.1) is 11.8 Å². The van der Waals surface area contributed by atoms with Gasteiger partial charge in [0.05, 0.1) is 0 Å². The van der Waals surface area contributed by atoms with Crippen LogP contribution in [0.15, 0.2) is 0 Å². The zero-order valence-corrected chi connectivity index (χ0v) is 11.8. The maximum Gasteiger partial charge on any atom is 0.222 e. The van der Waals surface area contributed by atoms with Crippen molar-refractivity contribution >= 4 is 5.91 Å². The lowest BCUT2D eigenvalue weighted by Gasteiger charge is -2.32. The number of nitrogens with zero attached hydrogens (tertiary/aromatic N) is 1. The Balaban J connectivity index is 1.65. The summed E-state index contributed by atoms with van der Waals surface area (Å²) in [5.74, 6) is 2.05. The molecule has 0 aromatic rings. The second kappa shape index (κ2) is 7.13. The van der Waals surface area contributed by atoms with E-state index >= 15 is 0 Å². The SMILES string of the molecule is CCC1CCN(C(=O)CCC2CCNCC2)CC1. The van der Waals surface area contributed by atoms with Gasteiger partial charge in [-0.05, 0) is 57.0 Å². The molecule has 104 valence electrons. The van der Waals surface area contributed by atoms with E-state index in [1.54, 1.807) is 0 Å². The van der Waals surface area contributed by atoms with Crippen LogP contribution in [0.25, 0.3) is 0 Å². The smallest absolute Gasteiger partial charge is 0.222 e. The van der Waals surface area contributed by atoms with E-state index in [1.165, 1.54) is 32.1 Å². The van der Waals surface area contributed by atoms with Crippen LogP contribution < -0.4 is 5.32 Å². The maximum absolute atomic E-state index is 12.1. The van der Waals surface area contributed by atoms with Crippen LogP contribution in [0.2, 0.25) is 0 Å². The molecular formula is C15H28N2O. The predicted octanol–water partition coefficient (Wildman–Crippen LogP) is 2.41. The normalized spacial score (nSPS) is 23.3. The number of nitrogens with one attached hydrogen (secondary N) is 1. The summed E-state index contributed by atoms with van der Waals surface area (Å²) in [7, 11) is 0. The Hall–Kier alpha value is -0.570. The van der Waals surface area contributed by atoms with Crippen LogP contribution in [0.1, 0.15) is 51.9 Å². The van der Waals surface area contributed by atoms with Crippen LogP contribution in [-0.4, -0.2) is 37.0 Å². The Labute approximate surface area is 111 Å². The van der Waals surface area contributed by atoms with Gasteiger partial charge in [-0.25, -0.2) is 0 Å². The van der Waals surface area contributed by atoms with Gasteiger partial charge in [0.1, 0.15) is 0 Å². The van der Waals surface area contributed by atoms with Crippen molar-refractivity contribution in [2.24, 2.45) is 11.8 Å². The van der Waals surface area contributed by atoms with Crippen molar-refractivity contribution in [1.29, 1.82) is 0 Å². The fourth-order valence-electron chi connectivity index (χ4n) is 3.25. The van der Waals surface area contributed by atoms with Crippen molar-refractivity contribution < 1.29 is 4.79 Å². The summed E-state index contributed by atoms with van der Waals surface area (Å²) in [5, 5.41) is 3.38. The minimum atomic E-state index is 0.406. The van der Waals surface area contributed by atoms with Gasteiger partial charge in [0.25, 0.3) is 0 Å². The molecule has 2 aliphatic rings. The number of hydrogen-bond acceptors (Lipinski definition) is 2. The highest BCUT2D eigenvalue weighted by molar-refractivity contribution is 5.76. The molecular weight excluding hydrogens is 224 g/mol. The minimum Gasteiger partial charge on any atom is -0.343 e. The standard InChI is InChI=1S/C15H28N2O/c1-2-13-7-11-17(12-8-13)15(18)4-3-14-5-9-16-10-6-14/h13-14,16H,2-12H2,1H3. The Kier molecular flexibility index (Phi) is 5.48. The highest BCUT2D eigenvalue weighted by Gasteiger charge is 2.22. The van der Waals surface area contributed by atoms with Crippen molar-refractivity contribution in [3.8, 4) is 0 Å². The molecule has 0 spiro atoms. The zero-order chi connectivity index (χ0) is 12.8. The molecule has 2 rings (SSSR count). The van der Waals surface area contributed by atoms with E-state index in [0.29, 0.717) is 5.91 Å². The zero-order valence-electron chi connectivity index (χ0n) is 11.8. The van der Waals surface area contributed by atoms with E-state index in [1.807, 2.05) is 0 Å². The number of piperidine rings is 2. The van der Waals surface area contributed by atoms with Crippen molar-refractivity contribution in [3.05, 3.63) is 0 Å². The molecule has 0 atom stereocenters. The highest BCUT2D eigenvalue weighted by Crippen LogP contribution is 2.22. The Bertz CT molecular complexity index is 253. The first-order chi connectivity index (χ1) is 8.79. The number of amides is 1. The summed E-state index contributed by atoms with van der Waals surface area (Å²) < 4.78 is 0. The topological polar surface area (TPSA) is 32.3 Å². The van der Waals surface area contributed by atoms with Crippen LogP contribution in [-0.2, 0) is 4.79 Å². The van der Waals surface area contributed by atoms with Gasteiger partial charge < -0.3 is 10.2 Å². The molecule has 3 heteroatoms. The van der Waals surface area contributed by atoms with E-state index in [-0.39, 0.29) is 0 Å². The van der Waals surface area contributed by atoms with Crippen molar-refractivity contribution in [2.45, 2.75) is 51.9 Å². The summed E-state index contributed by atoms with van der Waals surface area (Å²) >= 11 is 0. The monoisotopic (exact) mass is 252 g/mol. The molecule has 0 aromatic carbocycles. The predicted molar refractivity (Wildman–Crippen MR) is 74.4 cm³/mol. The minimum absolute atomic E-state index is 0.406. The molecule has 0 aliphatic carbocycles. The first-order valence-electron chi connectivity index (χ1n) is 7.78. The van der Waals surface area contributed by atoms with Crippen molar-refractivity contribution in [3.63, 3.8) is 0 Å². The number of likely N-dealkylation sites (tertiary alicyclic amines) is 1. The van der Waals surface area contributed by atoms with Gasteiger partial charge in [-0.2, -0.15) is 0 Å². The third-order valence-corrected chi connectivity index (χ3v) is 4.77. The second-order valence-electron chi connectivity index (χ2n) is 5.96. The Morgan fingerprint density at radius 3 is 2.39 bits per heavy atom. The number of hydrogen-bond donors (Lipinski definition) is 1. The first-order valence-corrected chi connectivity index (χ1v) is 7.78. The fourth-order valence-corrected chi connectivity index (χ4v) is 3.25. The lowest BCUT2D eigenvalue weighted by molar-refractivity contribution is -0.133. The van der Waals surface area contributed by atoms with E-state index in [0.717, 1.165) is 50.9 Å². The van der Waals surface area contributed by atoms with E-state index in [4.69, 9.17) is 0 Å². The van der Waals surface area contributed by atoms with Gasteiger partial charge in [-0.1, -0.05) is 13.3 Å². The van der Waals surface area contributed by atoms with Gasteiger partial charge >= 0.3 is 0 Å². The largest absolute Gasteiger partial charge is 0.343 e. The lowest BCUT2D eigenvalue weighted by atomic mass is 9.92. The molecule has 2 heterocycles. The fraction of sp³-hybridized carbons (Fsp3) is 0.933. The molecule has 18 heavy (non-hydrogen) atoms. The molecule has 0 aromatic heterocycles. The molecule has 0 saturated carbocycles. The van der Waals surface area contributed by atoms with Gasteiger partial charge in [-0.15, -0.1) is 0 Å². The molecule has 1 N–H and O–H groups in total. The molecule has 0 unspecified atom stereocenters. The third-order valence-electron chi connectivity index (χ3n) is 4.77. The molecule has 1 amide bonds.